The fraction of sp³-hybridized carbons (Fsp3) is 0.0556. The average molecular weight is 260 g/mol. The Labute approximate surface area is 118 Å². The summed E-state index contributed by atoms with van der Waals surface area (Å²) in [7, 11) is 0. The molecule has 3 rings (SSSR count). The van der Waals surface area contributed by atoms with Gasteiger partial charge in [0.2, 0.25) is 0 Å². The van der Waals surface area contributed by atoms with Gasteiger partial charge in [-0.1, -0.05) is 54.6 Å². The summed E-state index contributed by atoms with van der Waals surface area (Å²) in [6.07, 6.45) is 0. The van der Waals surface area contributed by atoms with Crippen LogP contribution in [0.5, 0.6) is 0 Å². The highest BCUT2D eigenvalue weighted by atomic mass is 15.3. The van der Waals surface area contributed by atoms with Crippen LogP contribution in [0.15, 0.2) is 77.9 Å². The number of hydrazone groups is 1. The lowest BCUT2D eigenvalue weighted by molar-refractivity contribution is 1.32. The van der Waals surface area contributed by atoms with Gasteiger partial charge in [-0.25, -0.2) is 0 Å². The van der Waals surface area contributed by atoms with E-state index >= 15 is 0 Å². The monoisotopic (exact) mass is 260 g/mol. The molecule has 0 heterocycles. The van der Waals surface area contributed by atoms with Gasteiger partial charge in [-0.05, 0) is 41.5 Å². The van der Waals surface area contributed by atoms with E-state index in [1.54, 1.807) is 0 Å². The lowest BCUT2D eigenvalue weighted by Crippen LogP contribution is -1.99. The minimum Gasteiger partial charge on any atom is -0.278 e. The van der Waals surface area contributed by atoms with Crippen molar-refractivity contribution in [3.63, 3.8) is 0 Å². The first-order valence-electron chi connectivity index (χ1n) is 6.67. The third kappa shape index (κ3) is 2.69. The molecule has 0 atom stereocenters. The van der Waals surface area contributed by atoms with Crippen molar-refractivity contribution >= 4 is 22.2 Å². The van der Waals surface area contributed by atoms with Gasteiger partial charge in [0.05, 0.1) is 11.4 Å². The molecule has 0 amide bonds. The SMILES string of the molecule is CC(=NNc1ccccc1)c1ccc2ccccc2c1. The van der Waals surface area contributed by atoms with Crippen LogP contribution in [0.3, 0.4) is 0 Å². The first kappa shape index (κ1) is 12.4. The van der Waals surface area contributed by atoms with Gasteiger partial charge >= 0.3 is 0 Å². The van der Waals surface area contributed by atoms with E-state index in [9.17, 15) is 0 Å². The third-order valence-corrected chi connectivity index (χ3v) is 3.29. The Morgan fingerprint density at radius 1 is 0.800 bits per heavy atom. The fourth-order valence-electron chi connectivity index (χ4n) is 2.14. The molecule has 3 aromatic carbocycles. The molecule has 0 fully saturated rings. The Hall–Kier alpha value is -2.61. The van der Waals surface area contributed by atoms with Gasteiger partial charge < -0.3 is 0 Å². The van der Waals surface area contributed by atoms with E-state index in [0.717, 1.165) is 17.0 Å². The minimum absolute atomic E-state index is 0.972. The molecule has 20 heavy (non-hydrogen) atoms. The van der Waals surface area contributed by atoms with Crippen LogP contribution in [0.4, 0.5) is 5.69 Å². The van der Waals surface area contributed by atoms with Crippen molar-refractivity contribution in [2.75, 3.05) is 5.43 Å². The molecule has 0 aromatic heterocycles. The van der Waals surface area contributed by atoms with E-state index in [1.165, 1.54) is 10.8 Å². The topological polar surface area (TPSA) is 24.4 Å². The summed E-state index contributed by atoms with van der Waals surface area (Å²) < 4.78 is 0. The predicted molar refractivity (Wildman–Crippen MR) is 86.2 cm³/mol. The second-order valence-electron chi connectivity index (χ2n) is 4.74. The molecule has 2 nitrogen and oxygen atoms in total. The maximum absolute atomic E-state index is 4.44. The van der Waals surface area contributed by atoms with Crippen molar-refractivity contribution in [1.82, 2.24) is 0 Å². The predicted octanol–water partition coefficient (Wildman–Crippen LogP) is 4.68. The summed E-state index contributed by atoms with van der Waals surface area (Å²) in [5.41, 5.74) is 6.18. The molecule has 0 saturated carbocycles. The van der Waals surface area contributed by atoms with Gasteiger partial charge in [-0.3, -0.25) is 5.43 Å². The Balaban J connectivity index is 1.86. The molecule has 2 heteroatoms. The van der Waals surface area contributed by atoms with E-state index in [-0.39, 0.29) is 0 Å². The molecule has 0 aliphatic rings. The summed E-state index contributed by atoms with van der Waals surface area (Å²) >= 11 is 0. The second kappa shape index (κ2) is 5.57. The summed E-state index contributed by atoms with van der Waals surface area (Å²) in [4.78, 5) is 0. The Morgan fingerprint density at radius 3 is 2.30 bits per heavy atom. The highest BCUT2D eigenvalue weighted by Crippen LogP contribution is 2.16. The number of nitrogens with zero attached hydrogens (tertiary/aromatic N) is 1. The average Bonchev–Trinajstić information content (AvgIpc) is 2.53. The largest absolute Gasteiger partial charge is 0.278 e. The van der Waals surface area contributed by atoms with Crippen LogP contribution in [0.25, 0.3) is 10.8 Å². The summed E-state index contributed by atoms with van der Waals surface area (Å²) in [6.45, 7) is 2.01. The van der Waals surface area contributed by atoms with Crippen molar-refractivity contribution in [3.8, 4) is 0 Å². The number of rotatable bonds is 3. The lowest BCUT2D eigenvalue weighted by atomic mass is 10.0. The Morgan fingerprint density at radius 2 is 1.50 bits per heavy atom. The van der Waals surface area contributed by atoms with Gasteiger partial charge in [0.25, 0.3) is 0 Å². The molecule has 0 unspecified atom stereocenters. The number of hydrogen-bond donors (Lipinski definition) is 1. The molecule has 3 aromatic rings. The van der Waals surface area contributed by atoms with Crippen LogP contribution in [0, 0.1) is 0 Å². The standard InChI is InChI=1S/C18H16N2/c1-14(19-20-18-9-3-2-4-10-18)16-12-11-15-7-5-6-8-17(15)13-16/h2-13,20H,1H3. The van der Waals surface area contributed by atoms with Crippen LogP contribution in [-0.2, 0) is 0 Å². The van der Waals surface area contributed by atoms with E-state index in [2.05, 4.69) is 53.0 Å². The van der Waals surface area contributed by atoms with Crippen LogP contribution < -0.4 is 5.43 Å². The van der Waals surface area contributed by atoms with E-state index < -0.39 is 0 Å². The molecular weight excluding hydrogens is 244 g/mol. The van der Waals surface area contributed by atoms with Crippen LogP contribution in [0.2, 0.25) is 0 Å². The molecule has 0 spiro atoms. The van der Waals surface area contributed by atoms with Crippen LogP contribution in [-0.4, -0.2) is 5.71 Å². The van der Waals surface area contributed by atoms with E-state index in [4.69, 9.17) is 0 Å². The maximum atomic E-state index is 4.44. The maximum Gasteiger partial charge on any atom is 0.0648 e. The van der Waals surface area contributed by atoms with Crippen molar-refractivity contribution < 1.29 is 0 Å². The molecule has 1 N–H and O–H groups in total. The Kier molecular flexibility index (Phi) is 3.46. The number of anilines is 1. The zero-order valence-corrected chi connectivity index (χ0v) is 11.4. The van der Waals surface area contributed by atoms with E-state index in [1.807, 2.05) is 37.3 Å². The first-order chi connectivity index (χ1) is 9.83. The van der Waals surface area contributed by atoms with Gasteiger partial charge in [0.1, 0.15) is 0 Å². The molecule has 0 bridgehead atoms. The van der Waals surface area contributed by atoms with Crippen LogP contribution >= 0.6 is 0 Å². The quantitative estimate of drug-likeness (QED) is 0.537. The first-order valence-corrected chi connectivity index (χ1v) is 6.67. The molecular formula is C18H16N2. The third-order valence-electron chi connectivity index (χ3n) is 3.29. The van der Waals surface area contributed by atoms with Gasteiger partial charge in [0, 0.05) is 0 Å². The van der Waals surface area contributed by atoms with Crippen molar-refractivity contribution in [2.24, 2.45) is 5.10 Å². The summed E-state index contributed by atoms with van der Waals surface area (Å²) in [6, 6.07) is 24.7. The zero-order chi connectivity index (χ0) is 13.8. The van der Waals surface area contributed by atoms with Crippen LogP contribution in [0.1, 0.15) is 12.5 Å². The fourth-order valence-corrected chi connectivity index (χ4v) is 2.14. The second-order valence-corrected chi connectivity index (χ2v) is 4.74. The van der Waals surface area contributed by atoms with Crippen molar-refractivity contribution in [1.29, 1.82) is 0 Å². The molecule has 0 radical (unpaired) electrons. The normalized spacial score (nSPS) is 11.6. The number of fused-ring (bicyclic) bond motifs is 1. The van der Waals surface area contributed by atoms with Gasteiger partial charge in [0.15, 0.2) is 0 Å². The smallest absolute Gasteiger partial charge is 0.0648 e. The lowest BCUT2D eigenvalue weighted by Gasteiger charge is -2.05. The van der Waals surface area contributed by atoms with Crippen molar-refractivity contribution in [3.05, 3.63) is 78.4 Å². The highest BCUT2D eigenvalue weighted by molar-refractivity contribution is 6.02. The van der Waals surface area contributed by atoms with Gasteiger partial charge in [-0.15, -0.1) is 0 Å². The minimum atomic E-state index is 0.972. The zero-order valence-electron chi connectivity index (χ0n) is 11.4. The summed E-state index contributed by atoms with van der Waals surface area (Å²) in [5, 5.41) is 6.92. The molecule has 98 valence electrons. The highest BCUT2D eigenvalue weighted by Gasteiger charge is 1.99. The number of nitrogens with one attached hydrogen (secondary N) is 1. The summed E-state index contributed by atoms with van der Waals surface area (Å²) in [5.74, 6) is 0. The van der Waals surface area contributed by atoms with E-state index in [0.29, 0.717) is 0 Å². The molecule has 0 saturated heterocycles. The number of para-hydroxylation sites is 1. The Bertz CT molecular complexity index is 745. The molecule has 0 aliphatic heterocycles. The number of hydrogen-bond acceptors (Lipinski definition) is 2. The molecule has 0 aliphatic carbocycles. The van der Waals surface area contributed by atoms with Gasteiger partial charge in [-0.2, -0.15) is 5.10 Å². The number of benzene rings is 3. The van der Waals surface area contributed by atoms with Crippen molar-refractivity contribution in [2.45, 2.75) is 6.92 Å².